The number of carboxylic acid groups (broad SMARTS) is 1. The molecule has 1 aromatic rings. The number of pyridine rings is 1. The van der Waals surface area contributed by atoms with Crippen molar-refractivity contribution in [3.8, 4) is 0 Å². The first-order valence-corrected chi connectivity index (χ1v) is 6.24. The number of carbonyl (C=O) groups excluding carboxylic acids is 2. The van der Waals surface area contributed by atoms with Crippen LogP contribution in [-0.2, 0) is 4.79 Å². The van der Waals surface area contributed by atoms with Crippen LogP contribution in [-0.4, -0.2) is 40.5 Å². The van der Waals surface area contributed by atoms with Crippen LogP contribution < -0.4 is 10.6 Å². The maximum Gasteiger partial charge on any atom is 0.354 e. The maximum atomic E-state index is 11.9. The van der Waals surface area contributed by atoms with Gasteiger partial charge in [0.25, 0.3) is 5.91 Å². The molecule has 108 valence electrons. The number of rotatable bonds is 6. The minimum atomic E-state index is -1.21. The lowest BCUT2D eigenvalue weighted by molar-refractivity contribution is -0.122. The van der Waals surface area contributed by atoms with E-state index in [2.05, 4.69) is 15.6 Å². The van der Waals surface area contributed by atoms with E-state index in [9.17, 15) is 14.4 Å². The average Bonchev–Trinajstić information content (AvgIpc) is 2.44. The first-order chi connectivity index (χ1) is 9.45. The van der Waals surface area contributed by atoms with Crippen LogP contribution in [0.3, 0.4) is 0 Å². The molecule has 0 radical (unpaired) electrons. The lowest BCUT2D eigenvalue weighted by atomic mass is 10.2. The monoisotopic (exact) mass is 279 g/mol. The fourth-order valence-electron chi connectivity index (χ4n) is 1.42. The van der Waals surface area contributed by atoms with Crippen LogP contribution in [0.15, 0.2) is 18.2 Å². The molecule has 0 fully saturated rings. The van der Waals surface area contributed by atoms with Gasteiger partial charge in [-0.25, -0.2) is 9.78 Å². The second-order valence-electron chi connectivity index (χ2n) is 4.20. The first-order valence-electron chi connectivity index (χ1n) is 6.24. The minimum Gasteiger partial charge on any atom is -0.477 e. The third-order valence-corrected chi connectivity index (χ3v) is 2.49. The van der Waals surface area contributed by atoms with E-state index < -0.39 is 17.9 Å². The summed E-state index contributed by atoms with van der Waals surface area (Å²) in [7, 11) is 0. The molecule has 1 aromatic heterocycles. The molecule has 7 heteroatoms. The van der Waals surface area contributed by atoms with Crippen molar-refractivity contribution in [2.24, 2.45) is 0 Å². The topological polar surface area (TPSA) is 108 Å². The maximum absolute atomic E-state index is 11.9. The van der Waals surface area contributed by atoms with Gasteiger partial charge in [0.05, 0.1) is 0 Å². The van der Waals surface area contributed by atoms with Crippen molar-refractivity contribution in [2.75, 3.05) is 6.54 Å². The Morgan fingerprint density at radius 2 is 1.95 bits per heavy atom. The zero-order chi connectivity index (χ0) is 15.1. The molecule has 1 heterocycles. The number of amides is 2. The third kappa shape index (κ3) is 4.34. The predicted octanol–water partition coefficient (Wildman–Crippen LogP) is 0.424. The van der Waals surface area contributed by atoms with Crippen LogP contribution in [0.4, 0.5) is 0 Å². The molecule has 1 rings (SSSR count). The number of carboxylic acids is 1. The Morgan fingerprint density at radius 3 is 2.55 bits per heavy atom. The van der Waals surface area contributed by atoms with Gasteiger partial charge in [-0.2, -0.15) is 0 Å². The molecule has 0 spiro atoms. The third-order valence-electron chi connectivity index (χ3n) is 2.49. The Labute approximate surface area is 116 Å². The molecule has 1 atom stereocenters. The van der Waals surface area contributed by atoms with Gasteiger partial charge in [0.15, 0.2) is 0 Å². The molecular formula is C13H17N3O4. The number of nitrogens with one attached hydrogen (secondary N) is 2. The highest BCUT2D eigenvalue weighted by Crippen LogP contribution is 2.00. The largest absolute Gasteiger partial charge is 0.477 e. The summed E-state index contributed by atoms with van der Waals surface area (Å²) < 4.78 is 0. The van der Waals surface area contributed by atoms with Crippen molar-refractivity contribution >= 4 is 17.8 Å². The lowest BCUT2D eigenvalue weighted by Gasteiger charge is -2.13. The quantitative estimate of drug-likeness (QED) is 0.699. The van der Waals surface area contributed by atoms with Crippen LogP contribution in [0.5, 0.6) is 0 Å². The Balaban J connectivity index is 2.69. The molecule has 0 aliphatic carbocycles. The molecule has 0 bridgehead atoms. The van der Waals surface area contributed by atoms with Gasteiger partial charge in [-0.1, -0.05) is 13.0 Å². The highest BCUT2D eigenvalue weighted by molar-refractivity contribution is 5.97. The molecule has 0 aliphatic rings. The summed E-state index contributed by atoms with van der Waals surface area (Å²) >= 11 is 0. The molecular weight excluding hydrogens is 262 g/mol. The summed E-state index contributed by atoms with van der Waals surface area (Å²) in [4.78, 5) is 37.9. The lowest BCUT2D eigenvalue weighted by Crippen LogP contribution is -2.45. The van der Waals surface area contributed by atoms with Gasteiger partial charge in [0.1, 0.15) is 17.4 Å². The van der Waals surface area contributed by atoms with Crippen LogP contribution in [0.2, 0.25) is 0 Å². The second-order valence-corrected chi connectivity index (χ2v) is 4.20. The van der Waals surface area contributed by atoms with Crippen molar-refractivity contribution < 1.29 is 19.5 Å². The Bertz CT molecular complexity index is 516. The predicted molar refractivity (Wildman–Crippen MR) is 71.4 cm³/mol. The van der Waals surface area contributed by atoms with E-state index in [4.69, 9.17) is 5.11 Å². The number of hydrogen-bond donors (Lipinski definition) is 3. The first kappa shape index (κ1) is 15.6. The van der Waals surface area contributed by atoms with E-state index in [0.717, 1.165) is 6.42 Å². The van der Waals surface area contributed by atoms with E-state index >= 15 is 0 Å². The van der Waals surface area contributed by atoms with Gasteiger partial charge in [0, 0.05) is 6.54 Å². The van der Waals surface area contributed by atoms with Gasteiger partial charge in [-0.05, 0) is 25.5 Å². The van der Waals surface area contributed by atoms with Gasteiger partial charge >= 0.3 is 5.97 Å². The normalized spacial score (nSPS) is 11.5. The van der Waals surface area contributed by atoms with Crippen molar-refractivity contribution in [1.82, 2.24) is 15.6 Å². The summed E-state index contributed by atoms with van der Waals surface area (Å²) in [5, 5.41) is 13.9. The van der Waals surface area contributed by atoms with Crippen molar-refractivity contribution in [3.63, 3.8) is 0 Å². The zero-order valence-corrected chi connectivity index (χ0v) is 11.3. The Kier molecular flexibility index (Phi) is 5.64. The van der Waals surface area contributed by atoms with E-state index in [-0.39, 0.29) is 17.3 Å². The van der Waals surface area contributed by atoms with Gasteiger partial charge in [-0.15, -0.1) is 0 Å². The SMILES string of the molecule is CCCNC(=O)C(C)NC(=O)c1cccc(C(=O)O)n1. The summed E-state index contributed by atoms with van der Waals surface area (Å²) in [6, 6.07) is 3.38. The molecule has 0 saturated carbocycles. The van der Waals surface area contributed by atoms with E-state index in [1.54, 1.807) is 6.92 Å². The fourth-order valence-corrected chi connectivity index (χ4v) is 1.42. The molecule has 2 amide bonds. The fraction of sp³-hybridized carbons (Fsp3) is 0.385. The van der Waals surface area contributed by atoms with Crippen molar-refractivity contribution in [2.45, 2.75) is 26.3 Å². The summed E-state index contributed by atoms with van der Waals surface area (Å²) in [6.45, 7) is 4.00. The Morgan fingerprint density at radius 1 is 1.30 bits per heavy atom. The van der Waals surface area contributed by atoms with E-state index in [0.29, 0.717) is 6.54 Å². The number of aromatic nitrogens is 1. The Hall–Kier alpha value is -2.44. The summed E-state index contributed by atoms with van der Waals surface area (Å²) in [6.07, 6.45) is 0.800. The number of nitrogens with zero attached hydrogens (tertiary/aromatic N) is 1. The molecule has 7 nitrogen and oxygen atoms in total. The number of hydrogen-bond acceptors (Lipinski definition) is 4. The van der Waals surface area contributed by atoms with Gasteiger partial charge < -0.3 is 15.7 Å². The van der Waals surface area contributed by atoms with E-state index in [1.807, 2.05) is 6.92 Å². The summed E-state index contributed by atoms with van der Waals surface area (Å²) in [5.74, 6) is -2.10. The zero-order valence-electron chi connectivity index (χ0n) is 11.3. The number of aromatic carboxylic acids is 1. The number of carbonyl (C=O) groups is 3. The van der Waals surface area contributed by atoms with Gasteiger partial charge in [-0.3, -0.25) is 9.59 Å². The molecule has 3 N–H and O–H groups in total. The van der Waals surface area contributed by atoms with Gasteiger partial charge in [0.2, 0.25) is 5.91 Å². The van der Waals surface area contributed by atoms with Crippen molar-refractivity contribution in [3.05, 3.63) is 29.6 Å². The second kappa shape index (κ2) is 7.22. The smallest absolute Gasteiger partial charge is 0.354 e. The highest BCUT2D eigenvalue weighted by Gasteiger charge is 2.17. The molecule has 0 aromatic carbocycles. The molecule has 0 saturated heterocycles. The average molecular weight is 279 g/mol. The van der Waals surface area contributed by atoms with Crippen molar-refractivity contribution in [1.29, 1.82) is 0 Å². The summed E-state index contributed by atoms with van der Waals surface area (Å²) in [5.41, 5.74) is -0.263. The molecule has 1 unspecified atom stereocenters. The van der Waals surface area contributed by atoms with E-state index in [1.165, 1.54) is 18.2 Å². The van der Waals surface area contributed by atoms with Crippen LogP contribution in [0, 0.1) is 0 Å². The highest BCUT2D eigenvalue weighted by atomic mass is 16.4. The standard InChI is InChI=1S/C13H17N3O4/c1-3-7-14-11(17)8(2)15-12(18)9-5-4-6-10(16-9)13(19)20/h4-6,8H,3,7H2,1-2H3,(H,14,17)(H,15,18)(H,19,20). The van der Waals surface area contributed by atoms with Crippen LogP contribution in [0.25, 0.3) is 0 Å². The molecule has 20 heavy (non-hydrogen) atoms. The van der Waals surface area contributed by atoms with Crippen LogP contribution >= 0.6 is 0 Å². The van der Waals surface area contributed by atoms with Crippen LogP contribution in [0.1, 0.15) is 41.2 Å². The molecule has 0 aliphatic heterocycles. The minimum absolute atomic E-state index is 0.0416.